The molecule has 0 radical (unpaired) electrons. The molecule has 2 rings (SSSR count). The predicted octanol–water partition coefficient (Wildman–Crippen LogP) is 1.70. The van der Waals surface area contributed by atoms with Gasteiger partial charge >= 0.3 is 0 Å². The molecular formula is C14H22N2O2. The summed E-state index contributed by atoms with van der Waals surface area (Å²) in [5.41, 5.74) is 2.01. The molecule has 18 heavy (non-hydrogen) atoms. The van der Waals surface area contributed by atoms with Crippen molar-refractivity contribution in [1.29, 1.82) is 0 Å². The highest BCUT2D eigenvalue weighted by atomic mass is 16.5. The van der Waals surface area contributed by atoms with Gasteiger partial charge in [-0.1, -0.05) is 0 Å². The Labute approximate surface area is 109 Å². The minimum atomic E-state index is 0.135. The van der Waals surface area contributed by atoms with Crippen molar-refractivity contribution in [3.05, 3.63) is 23.5 Å². The molecule has 1 aliphatic rings. The third-order valence-electron chi connectivity index (χ3n) is 3.67. The van der Waals surface area contributed by atoms with Gasteiger partial charge in [-0.25, -0.2) is 0 Å². The van der Waals surface area contributed by atoms with Gasteiger partial charge in [-0.05, 0) is 31.9 Å². The summed E-state index contributed by atoms with van der Waals surface area (Å²) in [6.07, 6.45) is 3.12. The normalized spacial score (nSPS) is 20.5. The Morgan fingerprint density at radius 3 is 2.94 bits per heavy atom. The molecule has 0 aliphatic carbocycles. The Kier molecular flexibility index (Phi) is 4.19. The van der Waals surface area contributed by atoms with Crippen LogP contribution in [0.3, 0.4) is 0 Å². The summed E-state index contributed by atoms with van der Waals surface area (Å²) in [7, 11) is 3.77. The Bertz CT molecular complexity index is 425. The molecule has 1 aromatic rings. The molecular weight excluding hydrogens is 228 g/mol. The molecule has 0 bridgehead atoms. The molecule has 0 aromatic carbocycles. The van der Waals surface area contributed by atoms with Crippen molar-refractivity contribution in [2.45, 2.75) is 19.9 Å². The Balaban J connectivity index is 1.96. The second-order valence-corrected chi connectivity index (χ2v) is 5.23. The van der Waals surface area contributed by atoms with Gasteiger partial charge in [-0.2, -0.15) is 0 Å². The van der Waals surface area contributed by atoms with Gasteiger partial charge < -0.3 is 9.30 Å². The van der Waals surface area contributed by atoms with Crippen molar-refractivity contribution in [1.82, 2.24) is 9.47 Å². The molecule has 0 saturated carbocycles. The molecule has 0 N–H and O–H groups in total. The third-order valence-corrected chi connectivity index (χ3v) is 3.67. The highest BCUT2D eigenvalue weighted by Gasteiger charge is 2.23. The molecule has 0 unspecified atom stereocenters. The van der Waals surface area contributed by atoms with Crippen LogP contribution in [0.15, 0.2) is 12.3 Å². The van der Waals surface area contributed by atoms with E-state index in [9.17, 15) is 4.79 Å². The summed E-state index contributed by atoms with van der Waals surface area (Å²) in [4.78, 5) is 13.8. The second kappa shape index (κ2) is 5.67. The van der Waals surface area contributed by atoms with E-state index in [1.54, 1.807) is 14.0 Å². The average molecular weight is 250 g/mol. The summed E-state index contributed by atoms with van der Waals surface area (Å²) in [6, 6.07) is 2.01. The topological polar surface area (TPSA) is 34.5 Å². The summed E-state index contributed by atoms with van der Waals surface area (Å²) < 4.78 is 7.26. The van der Waals surface area contributed by atoms with E-state index in [-0.39, 0.29) is 5.78 Å². The zero-order valence-electron chi connectivity index (χ0n) is 11.5. The predicted molar refractivity (Wildman–Crippen MR) is 70.7 cm³/mol. The third kappa shape index (κ3) is 3.00. The van der Waals surface area contributed by atoms with E-state index in [4.69, 9.17) is 4.74 Å². The van der Waals surface area contributed by atoms with Gasteiger partial charge in [0.25, 0.3) is 0 Å². The van der Waals surface area contributed by atoms with E-state index < -0.39 is 0 Å². The summed E-state index contributed by atoms with van der Waals surface area (Å²) in [5.74, 6) is 0.790. The van der Waals surface area contributed by atoms with Gasteiger partial charge in [0.15, 0.2) is 5.78 Å². The number of nitrogens with zero attached hydrogens (tertiary/aromatic N) is 2. The number of ether oxygens (including phenoxy) is 1. The van der Waals surface area contributed by atoms with Crippen molar-refractivity contribution in [2.75, 3.05) is 26.8 Å². The first-order valence-electron chi connectivity index (χ1n) is 6.47. The maximum atomic E-state index is 11.3. The lowest BCUT2D eigenvalue weighted by Crippen LogP contribution is -2.22. The second-order valence-electron chi connectivity index (χ2n) is 5.23. The first-order chi connectivity index (χ1) is 8.60. The average Bonchev–Trinajstić information content (AvgIpc) is 2.88. The zero-order valence-corrected chi connectivity index (χ0v) is 11.5. The van der Waals surface area contributed by atoms with Crippen molar-refractivity contribution < 1.29 is 9.53 Å². The quantitative estimate of drug-likeness (QED) is 0.746. The molecule has 2 heterocycles. The minimum Gasteiger partial charge on any atom is -0.384 e. The number of ketones is 1. The SMILES string of the molecule is COC[C@@H]1CCN(Cc2cc(C(C)=O)cn2C)C1. The van der Waals surface area contributed by atoms with Gasteiger partial charge in [0, 0.05) is 44.7 Å². The van der Waals surface area contributed by atoms with Gasteiger partial charge in [-0.3, -0.25) is 9.69 Å². The standard InChI is InChI=1S/C14H22N2O2/c1-11(17)13-6-14(15(2)8-13)9-16-5-4-12(7-16)10-18-3/h6,8,12H,4-5,7,9-10H2,1-3H3/t12-/m1/s1. The van der Waals surface area contributed by atoms with Gasteiger partial charge in [0.05, 0.1) is 6.61 Å². The molecule has 0 amide bonds. The molecule has 1 aliphatic heterocycles. The zero-order chi connectivity index (χ0) is 13.1. The minimum absolute atomic E-state index is 0.135. The van der Waals surface area contributed by atoms with Crippen LogP contribution >= 0.6 is 0 Å². The van der Waals surface area contributed by atoms with Crippen LogP contribution in [0.2, 0.25) is 0 Å². The number of rotatable bonds is 5. The highest BCUT2D eigenvalue weighted by Crippen LogP contribution is 2.19. The Hall–Kier alpha value is -1.13. The van der Waals surface area contributed by atoms with Gasteiger partial charge in [0.1, 0.15) is 0 Å². The molecule has 100 valence electrons. The maximum Gasteiger partial charge on any atom is 0.161 e. The molecule has 1 aromatic heterocycles. The maximum absolute atomic E-state index is 11.3. The van der Waals surface area contributed by atoms with Gasteiger partial charge in [-0.15, -0.1) is 0 Å². The van der Waals surface area contributed by atoms with Crippen molar-refractivity contribution in [3.63, 3.8) is 0 Å². The first kappa shape index (κ1) is 13.3. The molecule has 0 spiro atoms. The fourth-order valence-corrected chi connectivity index (χ4v) is 2.62. The lowest BCUT2D eigenvalue weighted by atomic mass is 10.1. The number of likely N-dealkylation sites (tertiary alicyclic amines) is 1. The summed E-state index contributed by atoms with van der Waals surface area (Å²) >= 11 is 0. The lowest BCUT2D eigenvalue weighted by Gasteiger charge is -2.16. The highest BCUT2D eigenvalue weighted by molar-refractivity contribution is 5.94. The summed E-state index contributed by atoms with van der Waals surface area (Å²) in [6.45, 7) is 5.60. The van der Waals surface area contributed by atoms with Gasteiger partial charge in [0.2, 0.25) is 0 Å². The first-order valence-corrected chi connectivity index (χ1v) is 6.47. The number of Topliss-reactive ketones (excluding diaryl/α,β-unsaturated/α-hetero) is 1. The fraction of sp³-hybridized carbons (Fsp3) is 0.643. The van der Waals surface area contributed by atoms with E-state index >= 15 is 0 Å². The number of hydrogen-bond acceptors (Lipinski definition) is 3. The number of aryl methyl sites for hydroxylation is 1. The molecule has 1 fully saturated rings. The number of carbonyl (C=O) groups is 1. The number of aromatic nitrogens is 1. The smallest absolute Gasteiger partial charge is 0.161 e. The largest absolute Gasteiger partial charge is 0.384 e. The van der Waals surface area contributed by atoms with Crippen molar-refractivity contribution in [2.24, 2.45) is 13.0 Å². The number of carbonyl (C=O) groups excluding carboxylic acids is 1. The Morgan fingerprint density at radius 2 is 2.33 bits per heavy atom. The van der Waals surface area contributed by atoms with Crippen LogP contribution < -0.4 is 0 Å². The van der Waals surface area contributed by atoms with E-state index in [1.807, 2.05) is 19.3 Å². The number of methoxy groups -OCH3 is 1. The molecule has 4 nitrogen and oxygen atoms in total. The van der Waals surface area contributed by atoms with E-state index in [2.05, 4.69) is 9.47 Å². The van der Waals surface area contributed by atoms with E-state index in [1.165, 1.54) is 12.1 Å². The number of hydrogen-bond donors (Lipinski definition) is 0. The van der Waals surface area contributed by atoms with Crippen molar-refractivity contribution in [3.8, 4) is 0 Å². The van der Waals surface area contributed by atoms with Crippen LogP contribution in [0, 0.1) is 5.92 Å². The monoisotopic (exact) mass is 250 g/mol. The molecule has 1 saturated heterocycles. The molecule has 1 atom stereocenters. The van der Waals surface area contributed by atoms with Crippen molar-refractivity contribution >= 4 is 5.78 Å². The lowest BCUT2D eigenvalue weighted by molar-refractivity contribution is 0.101. The molecule has 4 heteroatoms. The summed E-state index contributed by atoms with van der Waals surface area (Å²) in [5, 5.41) is 0. The van der Waals surface area contributed by atoms with Crippen LogP contribution in [0.4, 0.5) is 0 Å². The van der Waals surface area contributed by atoms with Crippen LogP contribution in [0.5, 0.6) is 0 Å². The fourth-order valence-electron chi connectivity index (χ4n) is 2.62. The van der Waals surface area contributed by atoms with Crippen LogP contribution in [-0.4, -0.2) is 42.1 Å². The van der Waals surface area contributed by atoms with E-state index in [0.29, 0.717) is 5.92 Å². The Morgan fingerprint density at radius 1 is 1.56 bits per heavy atom. The van der Waals surface area contributed by atoms with E-state index in [0.717, 1.165) is 31.8 Å². The van der Waals surface area contributed by atoms with Crippen LogP contribution in [0.1, 0.15) is 29.4 Å². The van der Waals surface area contributed by atoms with Crippen LogP contribution in [-0.2, 0) is 18.3 Å². The van der Waals surface area contributed by atoms with Crippen LogP contribution in [0.25, 0.3) is 0 Å².